The lowest BCUT2D eigenvalue weighted by atomic mass is 9.99. The fourth-order valence-corrected chi connectivity index (χ4v) is 11.3. The molecule has 2 saturated heterocycles. The Labute approximate surface area is 465 Å². The van der Waals surface area contributed by atoms with Crippen LogP contribution in [0.25, 0.3) is 0 Å². The summed E-state index contributed by atoms with van der Waals surface area (Å²) in [6.07, 6.45) is 39.4. The van der Waals surface area contributed by atoms with Crippen LogP contribution in [-0.4, -0.2) is 97.9 Å². The van der Waals surface area contributed by atoms with Gasteiger partial charge in [-0.25, -0.2) is 13.9 Å². The first-order chi connectivity index (χ1) is 37.5. The molecule has 1 aromatic rings. The number of hydrogen-bond acceptors (Lipinski definition) is 16. The maximum atomic E-state index is 13.0. The van der Waals surface area contributed by atoms with Gasteiger partial charge in [0.2, 0.25) is 0 Å². The number of nitrogens with two attached hydrogens (primary N) is 1. The first-order valence-corrected chi connectivity index (χ1v) is 32.5. The number of esters is 2. The summed E-state index contributed by atoms with van der Waals surface area (Å²) in [5, 5.41) is 21.0. The number of ether oxygens (including phenoxy) is 4. The number of nitrogen functional groups attached to an aromatic ring is 1. The Balaban J connectivity index is 1.36. The van der Waals surface area contributed by atoms with Crippen LogP contribution in [0.5, 0.6) is 0 Å². The molecule has 1 aromatic heterocycles. The number of hydrogen-bond donors (Lipinski definition) is 5. The molecule has 3 heterocycles. The highest BCUT2D eigenvalue weighted by Crippen LogP contribution is 2.60. The molecule has 19 nitrogen and oxygen atoms in total. The first-order valence-electron chi connectivity index (χ1n) is 29.5. The molecule has 0 radical (unpaired) electrons. The fourth-order valence-electron chi connectivity index (χ4n) is 9.14. The summed E-state index contributed by atoms with van der Waals surface area (Å²) in [6, 6.07) is 1.25. The molecule has 3 rings (SSSR count). The molecule has 0 aliphatic carbocycles. The van der Waals surface area contributed by atoms with Crippen LogP contribution in [0, 0.1) is 5.92 Å². The molecule has 6 N–H and O–H groups in total. The molecular weight excluding hydrogens is 1040 g/mol. The SMILES string of the molecule is CCCCC/C=C\C/C=C\C/C=C\CC1OC1CCCC(=O)O[C@H](COC(=O)CCCCCCCCCCCCCCCCCCCCC(C)CC)COP(=O)(O)OP(=O)(O)OC[C@H]1O[C@@H](n2ccc(N)nc2=O)[C@H](O)[C@@H]1O. The Hall–Kier alpha value is -3.06. The summed E-state index contributed by atoms with van der Waals surface area (Å²) < 4.78 is 62.8. The normalized spacial score (nSPS) is 21.8. The Morgan fingerprint density at radius 2 is 1.26 bits per heavy atom. The van der Waals surface area contributed by atoms with Gasteiger partial charge in [0.1, 0.15) is 30.7 Å². The maximum absolute atomic E-state index is 13.0. The molecule has 2 aliphatic rings. The minimum Gasteiger partial charge on any atom is -0.462 e. The van der Waals surface area contributed by atoms with E-state index in [1.165, 1.54) is 122 Å². The fraction of sp³-hybridized carbons (Fsp3) is 0.789. The van der Waals surface area contributed by atoms with Crippen molar-refractivity contribution in [2.45, 2.75) is 263 Å². The van der Waals surface area contributed by atoms with E-state index in [2.05, 4.69) is 66.5 Å². The van der Waals surface area contributed by atoms with Gasteiger partial charge in [0.05, 0.1) is 25.4 Å². The van der Waals surface area contributed by atoms with E-state index >= 15 is 0 Å². The summed E-state index contributed by atoms with van der Waals surface area (Å²) in [7, 11) is -10.9. The molecular formula is C57H99N3O16P2. The van der Waals surface area contributed by atoms with Gasteiger partial charge in [-0.3, -0.25) is 23.2 Å². The largest absolute Gasteiger partial charge is 0.481 e. The number of anilines is 1. The van der Waals surface area contributed by atoms with Crippen molar-refractivity contribution in [3.8, 4) is 0 Å². The van der Waals surface area contributed by atoms with Gasteiger partial charge in [0, 0.05) is 19.0 Å². The Morgan fingerprint density at radius 3 is 1.86 bits per heavy atom. The van der Waals surface area contributed by atoms with Crippen LogP contribution in [0.15, 0.2) is 53.5 Å². The third kappa shape index (κ3) is 32.4. The number of phosphoric acid groups is 2. The van der Waals surface area contributed by atoms with Gasteiger partial charge in [-0.2, -0.15) is 9.29 Å². The van der Waals surface area contributed by atoms with E-state index in [0.717, 1.165) is 68.0 Å². The van der Waals surface area contributed by atoms with E-state index in [1.807, 2.05) is 0 Å². The second kappa shape index (κ2) is 41.0. The minimum absolute atomic E-state index is 0.00592. The van der Waals surface area contributed by atoms with Gasteiger partial charge >= 0.3 is 33.3 Å². The predicted octanol–water partition coefficient (Wildman–Crippen LogP) is 12.4. The second-order valence-corrected chi connectivity index (χ2v) is 24.2. The zero-order valence-corrected chi connectivity index (χ0v) is 49.1. The first kappa shape index (κ1) is 69.2. The van der Waals surface area contributed by atoms with Gasteiger partial charge in [-0.05, 0) is 63.4 Å². The van der Waals surface area contributed by atoms with Crippen molar-refractivity contribution in [1.29, 1.82) is 0 Å². The predicted molar refractivity (Wildman–Crippen MR) is 302 cm³/mol. The van der Waals surface area contributed by atoms with Crippen molar-refractivity contribution >= 4 is 33.4 Å². The van der Waals surface area contributed by atoms with Crippen molar-refractivity contribution in [2.75, 3.05) is 25.6 Å². The topological polar surface area (TPSA) is 278 Å². The smallest absolute Gasteiger partial charge is 0.462 e. The van der Waals surface area contributed by atoms with Crippen molar-refractivity contribution in [3.05, 3.63) is 59.2 Å². The van der Waals surface area contributed by atoms with Crippen LogP contribution in [0.1, 0.15) is 226 Å². The van der Waals surface area contributed by atoms with E-state index in [4.69, 9.17) is 33.7 Å². The number of allylic oxidation sites excluding steroid dienone is 5. The van der Waals surface area contributed by atoms with Crippen LogP contribution in [0.4, 0.5) is 5.82 Å². The maximum Gasteiger partial charge on any atom is 0.481 e. The second-order valence-electron chi connectivity index (χ2n) is 21.1. The average molecular weight is 1140 g/mol. The molecule has 78 heavy (non-hydrogen) atoms. The summed E-state index contributed by atoms with van der Waals surface area (Å²) >= 11 is 0. The number of carbonyl (C=O) groups is 2. The van der Waals surface area contributed by atoms with Crippen LogP contribution in [-0.2, 0) is 51.0 Å². The molecule has 0 amide bonds. The Morgan fingerprint density at radius 1 is 0.692 bits per heavy atom. The van der Waals surface area contributed by atoms with Gasteiger partial charge < -0.3 is 44.7 Å². The summed E-state index contributed by atoms with van der Waals surface area (Å²) in [4.78, 5) is 62.3. The van der Waals surface area contributed by atoms with Crippen LogP contribution in [0.2, 0.25) is 0 Å². The summed E-state index contributed by atoms with van der Waals surface area (Å²) in [6.45, 7) is 4.48. The number of epoxide rings is 1. The van der Waals surface area contributed by atoms with Crippen molar-refractivity contribution in [1.82, 2.24) is 9.55 Å². The van der Waals surface area contributed by atoms with Crippen molar-refractivity contribution < 1.29 is 71.0 Å². The van der Waals surface area contributed by atoms with E-state index < -0.39 is 83.7 Å². The lowest BCUT2D eigenvalue weighted by molar-refractivity contribution is -0.161. The highest BCUT2D eigenvalue weighted by Gasteiger charge is 2.46. The number of carbonyl (C=O) groups excluding carboxylic acids is 2. The molecule has 0 spiro atoms. The third-order valence-corrected chi connectivity index (χ3v) is 16.8. The van der Waals surface area contributed by atoms with Gasteiger partial charge in [-0.15, -0.1) is 0 Å². The zero-order valence-electron chi connectivity index (χ0n) is 47.3. The lowest BCUT2D eigenvalue weighted by Gasteiger charge is -2.21. The number of nitrogens with zero attached hydrogens (tertiary/aromatic N) is 2. The molecule has 2 fully saturated rings. The molecule has 5 unspecified atom stereocenters. The van der Waals surface area contributed by atoms with Crippen LogP contribution < -0.4 is 11.4 Å². The average Bonchev–Trinajstić information content (AvgIpc) is 4.10. The van der Waals surface area contributed by atoms with E-state index in [0.29, 0.717) is 19.3 Å². The quantitative estimate of drug-likeness (QED) is 0.0133. The van der Waals surface area contributed by atoms with Crippen LogP contribution >= 0.6 is 15.6 Å². The lowest BCUT2D eigenvalue weighted by Crippen LogP contribution is -2.36. The number of rotatable bonds is 48. The Kier molecular flexibility index (Phi) is 36.4. The molecule has 0 saturated carbocycles. The zero-order chi connectivity index (χ0) is 56.9. The molecule has 448 valence electrons. The molecule has 2 aliphatic heterocycles. The number of phosphoric ester groups is 2. The summed E-state index contributed by atoms with van der Waals surface area (Å²) in [5.74, 6) is -0.493. The minimum atomic E-state index is -5.45. The standard InChI is InChI=1S/C57H99N3O16P2/c1-4-6-7-8-9-10-11-21-24-27-30-33-37-48-49(74-48)38-35-40-53(62)73-47(43-70-52(61)39-34-31-28-25-22-19-17-15-13-12-14-16-18-20-23-26-29-32-36-46(3)5-2)44-71-77(66,67)76-78(68,69)72-45-50-54(63)55(64)56(75-50)60-42-41-51(58)59-57(60)65/h9-10,21,24,30,33,41-42,46-50,54-56,63-64H,4-8,11-20,22-23,25-29,31-32,34-40,43-45H2,1-3H3,(H,66,67)(H,68,69)(H2,58,59,65)/b10-9-,24-21-,33-30-/t46?,47-,48?,49?,50-,54-,55-,56-/m1/s1. The molecule has 0 aromatic carbocycles. The highest BCUT2D eigenvalue weighted by atomic mass is 31.3. The molecule has 21 heteroatoms. The van der Waals surface area contributed by atoms with E-state index in [9.17, 15) is 43.5 Å². The Bertz CT molecular complexity index is 2040. The summed E-state index contributed by atoms with van der Waals surface area (Å²) in [5.41, 5.74) is 4.60. The number of aliphatic hydroxyl groups is 2. The van der Waals surface area contributed by atoms with Crippen LogP contribution in [0.3, 0.4) is 0 Å². The monoisotopic (exact) mass is 1140 g/mol. The van der Waals surface area contributed by atoms with Gasteiger partial charge in [0.15, 0.2) is 12.3 Å². The number of unbranched alkanes of at least 4 members (excludes halogenated alkanes) is 20. The van der Waals surface area contributed by atoms with Gasteiger partial charge in [0.25, 0.3) is 0 Å². The molecule has 0 bridgehead atoms. The van der Waals surface area contributed by atoms with Crippen molar-refractivity contribution in [2.24, 2.45) is 5.92 Å². The number of aliphatic hydroxyl groups excluding tert-OH is 2. The van der Waals surface area contributed by atoms with Gasteiger partial charge in [-0.1, -0.05) is 192 Å². The van der Waals surface area contributed by atoms with E-state index in [-0.39, 0.29) is 30.9 Å². The third-order valence-electron chi connectivity index (χ3n) is 14.2. The molecule has 10 atom stereocenters. The van der Waals surface area contributed by atoms with Crippen molar-refractivity contribution in [3.63, 3.8) is 0 Å². The number of aromatic nitrogens is 2. The van der Waals surface area contributed by atoms with E-state index in [1.54, 1.807) is 0 Å². The highest BCUT2D eigenvalue weighted by molar-refractivity contribution is 7.61.